The first kappa shape index (κ1) is 15.3. The molecule has 0 bridgehead atoms. The van der Waals surface area contributed by atoms with Gasteiger partial charge >= 0.3 is 0 Å². The molecule has 2 aromatic rings. The summed E-state index contributed by atoms with van der Waals surface area (Å²) in [6.07, 6.45) is 3.54. The molecule has 0 amide bonds. The standard InChI is InChI=1S/C17H22N2O2/c1-3-15(18)10-13-6-4-8-16(11-13)21-12-14-7-5-9-19-17(14)20-2/h4-9,11,15H,3,10,12,18H2,1-2H3. The summed E-state index contributed by atoms with van der Waals surface area (Å²) in [5.41, 5.74) is 8.11. The lowest BCUT2D eigenvalue weighted by Crippen LogP contribution is -2.21. The van der Waals surface area contributed by atoms with Crippen molar-refractivity contribution in [1.82, 2.24) is 4.98 Å². The van der Waals surface area contributed by atoms with Crippen molar-refractivity contribution in [3.8, 4) is 11.6 Å². The fraction of sp³-hybridized carbons (Fsp3) is 0.353. The number of hydrogen-bond donors (Lipinski definition) is 1. The Labute approximate surface area is 125 Å². The van der Waals surface area contributed by atoms with E-state index in [1.54, 1.807) is 13.3 Å². The van der Waals surface area contributed by atoms with Gasteiger partial charge in [0, 0.05) is 12.2 Å². The van der Waals surface area contributed by atoms with Gasteiger partial charge in [-0.1, -0.05) is 19.1 Å². The molecule has 0 saturated carbocycles. The molecule has 1 aromatic heterocycles. The minimum atomic E-state index is 0.193. The summed E-state index contributed by atoms with van der Waals surface area (Å²) in [5, 5.41) is 0. The van der Waals surface area contributed by atoms with Gasteiger partial charge < -0.3 is 15.2 Å². The van der Waals surface area contributed by atoms with Crippen molar-refractivity contribution >= 4 is 0 Å². The fourth-order valence-corrected chi connectivity index (χ4v) is 2.09. The van der Waals surface area contributed by atoms with Crippen molar-refractivity contribution < 1.29 is 9.47 Å². The minimum Gasteiger partial charge on any atom is -0.489 e. The predicted octanol–water partition coefficient (Wildman–Crippen LogP) is 2.95. The highest BCUT2D eigenvalue weighted by Crippen LogP contribution is 2.19. The molecular formula is C17H22N2O2. The molecule has 1 aromatic carbocycles. The van der Waals surface area contributed by atoms with Gasteiger partial charge in [-0.25, -0.2) is 4.98 Å². The molecule has 4 nitrogen and oxygen atoms in total. The van der Waals surface area contributed by atoms with Gasteiger partial charge in [0.15, 0.2) is 0 Å². The molecule has 1 unspecified atom stereocenters. The lowest BCUT2D eigenvalue weighted by molar-refractivity contribution is 0.293. The molecule has 0 fully saturated rings. The van der Waals surface area contributed by atoms with Crippen LogP contribution < -0.4 is 15.2 Å². The molecule has 2 N–H and O–H groups in total. The third-order valence-corrected chi connectivity index (χ3v) is 3.36. The molecule has 1 atom stereocenters. The molecule has 0 saturated heterocycles. The van der Waals surface area contributed by atoms with Crippen LogP contribution in [0, 0.1) is 0 Å². The van der Waals surface area contributed by atoms with Crippen LogP contribution in [0.1, 0.15) is 24.5 Å². The highest BCUT2D eigenvalue weighted by atomic mass is 16.5. The van der Waals surface area contributed by atoms with Crippen LogP contribution in [0.2, 0.25) is 0 Å². The lowest BCUT2D eigenvalue weighted by Gasteiger charge is -2.12. The van der Waals surface area contributed by atoms with Crippen LogP contribution in [0.25, 0.3) is 0 Å². The molecule has 0 aliphatic heterocycles. The summed E-state index contributed by atoms with van der Waals surface area (Å²) >= 11 is 0. The first-order valence-electron chi connectivity index (χ1n) is 7.18. The van der Waals surface area contributed by atoms with Gasteiger partial charge in [-0.2, -0.15) is 0 Å². The van der Waals surface area contributed by atoms with Gasteiger partial charge in [-0.3, -0.25) is 0 Å². The van der Waals surface area contributed by atoms with E-state index >= 15 is 0 Å². The fourth-order valence-electron chi connectivity index (χ4n) is 2.09. The van der Waals surface area contributed by atoms with Gasteiger partial charge in [0.1, 0.15) is 12.4 Å². The summed E-state index contributed by atoms with van der Waals surface area (Å²) in [4.78, 5) is 4.16. The topological polar surface area (TPSA) is 57.4 Å². The zero-order chi connectivity index (χ0) is 15.1. The van der Waals surface area contributed by atoms with Crippen molar-refractivity contribution in [2.24, 2.45) is 5.73 Å². The highest BCUT2D eigenvalue weighted by Gasteiger charge is 2.06. The van der Waals surface area contributed by atoms with E-state index in [4.69, 9.17) is 15.2 Å². The maximum absolute atomic E-state index is 5.99. The second-order valence-electron chi connectivity index (χ2n) is 4.98. The number of ether oxygens (including phenoxy) is 2. The third-order valence-electron chi connectivity index (χ3n) is 3.36. The van der Waals surface area contributed by atoms with E-state index in [0.29, 0.717) is 12.5 Å². The summed E-state index contributed by atoms with van der Waals surface area (Å²) in [5.74, 6) is 1.43. The smallest absolute Gasteiger partial charge is 0.219 e. The number of hydrogen-bond acceptors (Lipinski definition) is 4. The Morgan fingerprint density at radius 3 is 2.86 bits per heavy atom. The molecule has 21 heavy (non-hydrogen) atoms. The van der Waals surface area contributed by atoms with Crippen LogP contribution in [0.4, 0.5) is 0 Å². The number of methoxy groups -OCH3 is 1. The first-order valence-corrected chi connectivity index (χ1v) is 7.18. The molecule has 112 valence electrons. The quantitative estimate of drug-likeness (QED) is 0.850. The maximum atomic E-state index is 5.99. The van der Waals surface area contributed by atoms with E-state index in [2.05, 4.69) is 18.0 Å². The monoisotopic (exact) mass is 286 g/mol. The molecular weight excluding hydrogens is 264 g/mol. The van der Waals surface area contributed by atoms with Gasteiger partial charge in [-0.15, -0.1) is 0 Å². The zero-order valence-corrected chi connectivity index (χ0v) is 12.6. The Morgan fingerprint density at radius 2 is 2.10 bits per heavy atom. The zero-order valence-electron chi connectivity index (χ0n) is 12.6. The number of pyridine rings is 1. The Hall–Kier alpha value is -2.07. The van der Waals surface area contributed by atoms with Crippen molar-refractivity contribution in [2.45, 2.75) is 32.4 Å². The van der Waals surface area contributed by atoms with E-state index in [1.165, 1.54) is 5.56 Å². The van der Waals surface area contributed by atoms with Crippen molar-refractivity contribution in [3.05, 3.63) is 53.7 Å². The Bertz CT molecular complexity index is 572. The van der Waals surface area contributed by atoms with E-state index in [1.807, 2.05) is 30.3 Å². The largest absolute Gasteiger partial charge is 0.489 e. The summed E-state index contributed by atoms with van der Waals surface area (Å²) in [6.45, 7) is 2.53. The highest BCUT2D eigenvalue weighted by molar-refractivity contribution is 5.30. The molecule has 4 heteroatoms. The summed E-state index contributed by atoms with van der Waals surface area (Å²) in [7, 11) is 1.61. The minimum absolute atomic E-state index is 0.193. The normalized spacial score (nSPS) is 12.0. The number of rotatable bonds is 7. The van der Waals surface area contributed by atoms with E-state index in [9.17, 15) is 0 Å². The molecule has 0 spiro atoms. The Balaban J connectivity index is 2.01. The maximum Gasteiger partial charge on any atom is 0.219 e. The molecule has 0 aliphatic carbocycles. The number of nitrogens with two attached hydrogens (primary N) is 1. The molecule has 2 rings (SSSR count). The van der Waals surface area contributed by atoms with Crippen molar-refractivity contribution in [3.63, 3.8) is 0 Å². The van der Waals surface area contributed by atoms with Crippen molar-refractivity contribution in [2.75, 3.05) is 7.11 Å². The molecule has 0 radical (unpaired) electrons. The van der Waals surface area contributed by atoms with Crippen LogP contribution >= 0.6 is 0 Å². The number of aromatic nitrogens is 1. The van der Waals surface area contributed by atoms with Crippen LogP contribution in [-0.2, 0) is 13.0 Å². The Kier molecular flexibility index (Phi) is 5.58. The number of nitrogens with zero attached hydrogens (tertiary/aromatic N) is 1. The van der Waals surface area contributed by atoms with E-state index < -0.39 is 0 Å². The lowest BCUT2D eigenvalue weighted by atomic mass is 10.0. The van der Waals surface area contributed by atoms with E-state index in [0.717, 1.165) is 24.2 Å². The second-order valence-corrected chi connectivity index (χ2v) is 4.98. The van der Waals surface area contributed by atoms with Crippen LogP contribution in [0.3, 0.4) is 0 Å². The SMILES string of the molecule is CCC(N)Cc1cccc(OCc2cccnc2OC)c1. The molecule has 1 heterocycles. The van der Waals surface area contributed by atoms with E-state index in [-0.39, 0.29) is 6.04 Å². The average Bonchev–Trinajstić information content (AvgIpc) is 2.53. The van der Waals surface area contributed by atoms with Gasteiger partial charge in [0.2, 0.25) is 5.88 Å². The molecule has 0 aliphatic rings. The van der Waals surface area contributed by atoms with Crippen LogP contribution in [0.15, 0.2) is 42.6 Å². The van der Waals surface area contributed by atoms with Gasteiger partial charge in [0.05, 0.1) is 12.7 Å². The van der Waals surface area contributed by atoms with Crippen LogP contribution in [0.5, 0.6) is 11.6 Å². The number of benzene rings is 1. The average molecular weight is 286 g/mol. The third kappa shape index (κ3) is 4.46. The Morgan fingerprint density at radius 1 is 1.24 bits per heavy atom. The predicted molar refractivity (Wildman–Crippen MR) is 83.5 cm³/mol. The van der Waals surface area contributed by atoms with Gasteiger partial charge in [-0.05, 0) is 42.7 Å². The van der Waals surface area contributed by atoms with Crippen LogP contribution in [-0.4, -0.2) is 18.1 Å². The summed E-state index contributed by atoms with van der Waals surface area (Å²) < 4.78 is 11.0. The van der Waals surface area contributed by atoms with Gasteiger partial charge in [0.25, 0.3) is 0 Å². The second kappa shape index (κ2) is 7.64. The van der Waals surface area contributed by atoms with Crippen molar-refractivity contribution in [1.29, 1.82) is 0 Å². The first-order chi connectivity index (χ1) is 10.2. The summed E-state index contributed by atoms with van der Waals surface area (Å²) in [6, 6.07) is 12.1.